The second-order valence-electron chi connectivity index (χ2n) is 7.52. The van der Waals surface area contributed by atoms with E-state index in [1.807, 2.05) is 0 Å². The van der Waals surface area contributed by atoms with E-state index >= 15 is 0 Å². The van der Waals surface area contributed by atoms with Crippen molar-refractivity contribution in [1.29, 1.82) is 0 Å². The molecule has 6 nitrogen and oxygen atoms in total. The third-order valence-electron chi connectivity index (χ3n) is 5.34. The van der Waals surface area contributed by atoms with E-state index in [4.69, 9.17) is 14.5 Å². The van der Waals surface area contributed by atoms with E-state index in [0.717, 1.165) is 90.9 Å². The van der Waals surface area contributed by atoms with Crippen LogP contribution in [0.4, 0.5) is 0 Å². The lowest BCUT2D eigenvalue weighted by molar-refractivity contribution is -0.0318. The average molecular weight is 389 g/mol. The highest BCUT2D eigenvalue weighted by molar-refractivity contribution is 5.80. The van der Waals surface area contributed by atoms with Gasteiger partial charge in [0.15, 0.2) is 5.96 Å². The van der Waals surface area contributed by atoms with Gasteiger partial charge in [0.05, 0.1) is 6.10 Å². The van der Waals surface area contributed by atoms with Crippen molar-refractivity contribution in [3.05, 3.63) is 35.9 Å². The molecule has 0 bridgehead atoms. The van der Waals surface area contributed by atoms with Gasteiger partial charge in [-0.2, -0.15) is 0 Å². The number of piperazine rings is 1. The average Bonchev–Trinajstić information content (AvgIpc) is 2.75. The second kappa shape index (κ2) is 12.0. The van der Waals surface area contributed by atoms with Crippen LogP contribution in [0.5, 0.6) is 0 Å². The van der Waals surface area contributed by atoms with Crippen LogP contribution in [-0.4, -0.2) is 81.0 Å². The van der Waals surface area contributed by atoms with Crippen molar-refractivity contribution in [2.24, 2.45) is 4.99 Å². The van der Waals surface area contributed by atoms with Gasteiger partial charge in [0.25, 0.3) is 0 Å². The summed E-state index contributed by atoms with van der Waals surface area (Å²) in [5, 5.41) is 3.46. The summed E-state index contributed by atoms with van der Waals surface area (Å²) in [6.45, 7) is 11.6. The van der Waals surface area contributed by atoms with E-state index in [0.29, 0.717) is 6.10 Å². The molecule has 2 heterocycles. The quantitative estimate of drug-likeness (QED) is 0.421. The van der Waals surface area contributed by atoms with Gasteiger partial charge in [0, 0.05) is 65.6 Å². The summed E-state index contributed by atoms with van der Waals surface area (Å²) in [6, 6.07) is 10.7. The summed E-state index contributed by atoms with van der Waals surface area (Å²) < 4.78 is 11.3. The normalized spacial score (nSPS) is 19.8. The number of nitrogens with one attached hydrogen (secondary N) is 1. The SMILES string of the molecule is CCNC(=NCCCOC1CCOCC1)N1CCN(Cc2ccccc2)CC1. The van der Waals surface area contributed by atoms with Crippen LogP contribution in [0, 0.1) is 0 Å². The van der Waals surface area contributed by atoms with Crippen molar-refractivity contribution in [1.82, 2.24) is 15.1 Å². The highest BCUT2D eigenvalue weighted by Crippen LogP contribution is 2.11. The first-order valence-corrected chi connectivity index (χ1v) is 10.8. The van der Waals surface area contributed by atoms with E-state index in [-0.39, 0.29) is 0 Å². The van der Waals surface area contributed by atoms with Crippen molar-refractivity contribution in [3.8, 4) is 0 Å². The maximum atomic E-state index is 5.95. The minimum atomic E-state index is 0.378. The van der Waals surface area contributed by atoms with Crippen LogP contribution in [0.25, 0.3) is 0 Å². The van der Waals surface area contributed by atoms with E-state index in [1.54, 1.807) is 0 Å². The summed E-state index contributed by atoms with van der Waals surface area (Å²) >= 11 is 0. The van der Waals surface area contributed by atoms with Gasteiger partial charge >= 0.3 is 0 Å². The molecule has 1 N–H and O–H groups in total. The molecule has 3 rings (SSSR count). The smallest absolute Gasteiger partial charge is 0.194 e. The number of nitrogens with zero attached hydrogens (tertiary/aromatic N) is 3. The van der Waals surface area contributed by atoms with Gasteiger partial charge in [-0.25, -0.2) is 0 Å². The monoisotopic (exact) mass is 388 g/mol. The maximum Gasteiger partial charge on any atom is 0.194 e. The van der Waals surface area contributed by atoms with Crippen LogP contribution >= 0.6 is 0 Å². The van der Waals surface area contributed by atoms with Crippen LogP contribution < -0.4 is 5.32 Å². The Kier molecular flexibility index (Phi) is 9.07. The van der Waals surface area contributed by atoms with Crippen LogP contribution in [0.2, 0.25) is 0 Å². The van der Waals surface area contributed by atoms with Crippen LogP contribution in [0.15, 0.2) is 35.3 Å². The largest absolute Gasteiger partial charge is 0.381 e. The van der Waals surface area contributed by atoms with Crippen LogP contribution in [0.3, 0.4) is 0 Å². The topological polar surface area (TPSA) is 49.3 Å². The Morgan fingerprint density at radius 1 is 1.14 bits per heavy atom. The van der Waals surface area contributed by atoms with Gasteiger partial charge in [-0.15, -0.1) is 0 Å². The molecule has 6 heteroatoms. The zero-order valence-electron chi connectivity index (χ0n) is 17.3. The lowest BCUT2D eigenvalue weighted by Gasteiger charge is -2.36. The molecule has 2 aliphatic heterocycles. The van der Waals surface area contributed by atoms with Crippen molar-refractivity contribution < 1.29 is 9.47 Å². The molecule has 0 unspecified atom stereocenters. The molecule has 28 heavy (non-hydrogen) atoms. The Bertz CT molecular complexity index is 567. The van der Waals surface area contributed by atoms with Gasteiger partial charge < -0.3 is 19.7 Å². The first-order valence-electron chi connectivity index (χ1n) is 10.8. The first-order chi connectivity index (χ1) is 13.8. The molecule has 2 aliphatic rings. The molecule has 2 saturated heterocycles. The number of hydrogen-bond acceptors (Lipinski definition) is 4. The van der Waals surface area contributed by atoms with Crippen molar-refractivity contribution in [2.75, 3.05) is 59.1 Å². The summed E-state index contributed by atoms with van der Waals surface area (Å²) in [5.41, 5.74) is 1.39. The van der Waals surface area contributed by atoms with Gasteiger partial charge in [0.1, 0.15) is 0 Å². The number of benzene rings is 1. The van der Waals surface area contributed by atoms with Crippen LogP contribution in [-0.2, 0) is 16.0 Å². The Hall–Kier alpha value is -1.63. The predicted octanol–water partition coefficient (Wildman–Crippen LogP) is 2.36. The number of ether oxygens (including phenoxy) is 2. The summed E-state index contributed by atoms with van der Waals surface area (Å²) in [4.78, 5) is 9.76. The van der Waals surface area contributed by atoms with Gasteiger partial charge in [-0.1, -0.05) is 30.3 Å². The zero-order chi connectivity index (χ0) is 19.4. The van der Waals surface area contributed by atoms with E-state index < -0.39 is 0 Å². The number of aliphatic imine (C=N–C) groups is 1. The Morgan fingerprint density at radius 3 is 2.61 bits per heavy atom. The molecule has 0 atom stereocenters. The van der Waals surface area contributed by atoms with Crippen molar-refractivity contribution in [2.45, 2.75) is 38.8 Å². The Labute approximate surface area is 169 Å². The number of rotatable bonds is 8. The minimum absolute atomic E-state index is 0.378. The minimum Gasteiger partial charge on any atom is -0.381 e. The highest BCUT2D eigenvalue weighted by Gasteiger charge is 2.19. The first kappa shape index (κ1) is 21.1. The summed E-state index contributed by atoms with van der Waals surface area (Å²) in [6.07, 6.45) is 3.40. The molecule has 156 valence electrons. The fraction of sp³-hybridized carbons (Fsp3) is 0.682. The molecular weight excluding hydrogens is 352 g/mol. The van der Waals surface area contributed by atoms with Crippen molar-refractivity contribution in [3.63, 3.8) is 0 Å². The zero-order valence-corrected chi connectivity index (χ0v) is 17.3. The Morgan fingerprint density at radius 2 is 1.89 bits per heavy atom. The maximum absolute atomic E-state index is 5.95. The number of guanidine groups is 1. The highest BCUT2D eigenvalue weighted by atomic mass is 16.5. The molecule has 0 spiro atoms. The fourth-order valence-electron chi connectivity index (χ4n) is 3.73. The fourth-order valence-corrected chi connectivity index (χ4v) is 3.73. The molecule has 0 amide bonds. The molecule has 1 aromatic rings. The lowest BCUT2D eigenvalue weighted by atomic mass is 10.1. The molecule has 2 fully saturated rings. The van der Waals surface area contributed by atoms with Gasteiger partial charge in [-0.05, 0) is 31.7 Å². The van der Waals surface area contributed by atoms with E-state index in [2.05, 4.69) is 52.4 Å². The molecule has 0 aromatic heterocycles. The van der Waals surface area contributed by atoms with E-state index in [9.17, 15) is 0 Å². The second-order valence-corrected chi connectivity index (χ2v) is 7.52. The molecule has 1 aromatic carbocycles. The van der Waals surface area contributed by atoms with Crippen molar-refractivity contribution >= 4 is 5.96 Å². The summed E-state index contributed by atoms with van der Waals surface area (Å²) in [7, 11) is 0. The predicted molar refractivity (Wildman–Crippen MR) is 114 cm³/mol. The third-order valence-corrected chi connectivity index (χ3v) is 5.34. The molecule has 0 saturated carbocycles. The number of hydrogen-bond donors (Lipinski definition) is 1. The van der Waals surface area contributed by atoms with E-state index in [1.165, 1.54) is 5.56 Å². The van der Waals surface area contributed by atoms with Crippen LogP contribution in [0.1, 0.15) is 31.7 Å². The molecule has 0 aliphatic carbocycles. The standard InChI is InChI=1S/C22H36N4O2/c1-2-23-22(24-11-6-16-28-21-9-17-27-18-10-21)26-14-12-25(13-15-26)19-20-7-4-3-5-8-20/h3-5,7-8,21H,2,6,9-19H2,1H3,(H,23,24). The Balaban J connectivity index is 1.37. The van der Waals surface area contributed by atoms with Gasteiger partial charge in [0.2, 0.25) is 0 Å². The molecular formula is C22H36N4O2. The summed E-state index contributed by atoms with van der Waals surface area (Å²) in [5.74, 6) is 1.05. The third kappa shape index (κ3) is 7.08. The molecule has 0 radical (unpaired) electrons. The van der Waals surface area contributed by atoms with Gasteiger partial charge in [-0.3, -0.25) is 9.89 Å². The lowest BCUT2D eigenvalue weighted by Crippen LogP contribution is -2.52.